The molecule has 31 heavy (non-hydrogen) atoms. The normalized spacial score (nSPS) is 14.7. The minimum atomic E-state index is -1.23. The molecular formula is C18H31N7O6. The van der Waals surface area contributed by atoms with Gasteiger partial charge in [-0.1, -0.05) is 0 Å². The lowest BCUT2D eigenvalue weighted by atomic mass is 10.1. The lowest BCUT2D eigenvalue weighted by Crippen LogP contribution is -2.57. The van der Waals surface area contributed by atoms with Crippen LogP contribution in [0.5, 0.6) is 0 Å². The topological polar surface area (TPSA) is 226 Å². The first-order valence-electron chi connectivity index (χ1n) is 9.87. The van der Waals surface area contributed by atoms with Gasteiger partial charge >= 0.3 is 5.97 Å². The zero-order chi connectivity index (χ0) is 23.4. The molecule has 0 radical (unpaired) electrons. The summed E-state index contributed by atoms with van der Waals surface area (Å²) in [7, 11) is 0. The second kappa shape index (κ2) is 13.3. The third-order valence-electron chi connectivity index (χ3n) is 4.45. The number of imidazole rings is 1. The predicted octanol–water partition coefficient (Wildman–Crippen LogP) is -3.04. The molecule has 0 saturated carbocycles. The second-order valence-electron chi connectivity index (χ2n) is 7.05. The van der Waals surface area contributed by atoms with Crippen LogP contribution in [0.3, 0.4) is 0 Å². The fraction of sp³-hybridized carbons (Fsp3) is 0.611. The SMILES string of the molecule is CC(NC(=O)C(Cc1cnc[nH]1)NC(=O)C(CCCCN)NC(=O)C(N)CO)C(=O)O. The first kappa shape index (κ1) is 26.0. The highest BCUT2D eigenvalue weighted by Gasteiger charge is 2.29. The van der Waals surface area contributed by atoms with Gasteiger partial charge in [-0.15, -0.1) is 0 Å². The number of carbonyl (C=O) groups excluding carboxylic acids is 3. The van der Waals surface area contributed by atoms with Crippen LogP contribution in [0.1, 0.15) is 31.9 Å². The summed E-state index contributed by atoms with van der Waals surface area (Å²) in [5, 5.41) is 25.4. The summed E-state index contributed by atoms with van der Waals surface area (Å²) in [6, 6.07) is -4.53. The number of unbranched alkanes of at least 4 members (excludes halogenated alkanes) is 1. The maximum absolute atomic E-state index is 12.9. The second-order valence-corrected chi connectivity index (χ2v) is 7.05. The van der Waals surface area contributed by atoms with Crippen LogP contribution in [0.15, 0.2) is 12.5 Å². The molecule has 0 aliphatic carbocycles. The highest BCUT2D eigenvalue weighted by atomic mass is 16.4. The van der Waals surface area contributed by atoms with Crippen molar-refractivity contribution >= 4 is 23.7 Å². The molecule has 0 bridgehead atoms. The molecule has 0 fully saturated rings. The van der Waals surface area contributed by atoms with Gasteiger partial charge in [0.25, 0.3) is 0 Å². The fourth-order valence-corrected chi connectivity index (χ4v) is 2.60. The van der Waals surface area contributed by atoms with E-state index in [0.717, 1.165) is 0 Å². The van der Waals surface area contributed by atoms with E-state index in [9.17, 15) is 19.2 Å². The number of amides is 3. The third-order valence-corrected chi connectivity index (χ3v) is 4.45. The van der Waals surface area contributed by atoms with Crippen molar-refractivity contribution in [2.45, 2.75) is 56.8 Å². The van der Waals surface area contributed by atoms with Crippen LogP contribution in [-0.2, 0) is 25.6 Å². The Balaban J connectivity index is 2.96. The first-order chi connectivity index (χ1) is 14.7. The average Bonchev–Trinajstić information content (AvgIpc) is 3.24. The van der Waals surface area contributed by atoms with Crippen molar-refractivity contribution < 1.29 is 29.4 Å². The number of carboxylic acids is 1. The Bertz CT molecular complexity index is 727. The van der Waals surface area contributed by atoms with E-state index in [1.165, 1.54) is 19.4 Å². The van der Waals surface area contributed by atoms with E-state index < -0.39 is 54.5 Å². The number of H-pyrrole nitrogens is 1. The van der Waals surface area contributed by atoms with Crippen LogP contribution >= 0.6 is 0 Å². The van der Waals surface area contributed by atoms with Gasteiger partial charge in [0.2, 0.25) is 17.7 Å². The fourth-order valence-electron chi connectivity index (χ4n) is 2.60. The van der Waals surface area contributed by atoms with Crippen molar-refractivity contribution in [2.75, 3.05) is 13.2 Å². The molecular weight excluding hydrogens is 410 g/mol. The number of hydrogen-bond donors (Lipinski definition) is 8. The van der Waals surface area contributed by atoms with Crippen LogP contribution in [0.25, 0.3) is 0 Å². The Hall–Kier alpha value is -3.03. The Morgan fingerprint density at radius 3 is 2.29 bits per heavy atom. The third kappa shape index (κ3) is 9.11. The monoisotopic (exact) mass is 441 g/mol. The van der Waals surface area contributed by atoms with E-state index in [1.807, 2.05) is 0 Å². The minimum Gasteiger partial charge on any atom is -0.480 e. The van der Waals surface area contributed by atoms with Crippen molar-refractivity contribution in [3.8, 4) is 0 Å². The molecule has 0 saturated heterocycles. The number of aromatic nitrogens is 2. The molecule has 174 valence electrons. The summed E-state index contributed by atoms with van der Waals surface area (Å²) >= 11 is 0. The highest BCUT2D eigenvalue weighted by Crippen LogP contribution is 2.05. The summed E-state index contributed by atoms with van der Waals surface area (Å²) in [6.07, 6.45) is 4.25. The molecule has 10 N–H and O–H groups in total. The summed E-state index contributed by atoms with van der Waals surface area (Å²) in [5.41, 5.74) is 11.5. The molecule has 0 aliphatic heterocycles. The number of aliphatic carboxylic acids is 1. The molecule has 1 aromatic heterocycles. The molecule has 4 unspecified atom stereocenters. The van der Waals surface area contributed by atoms with E-state index in [2.05, 4.69) is 25.9 Å². The van der Waals surface area contributed by atoms with E-state index in [4.69, 9.17) is 21.7 Å². The molecule has 3 amide bonds. The zero-order valence-electron chi connectivity index (χ0n) is 17.3. The predicted molar refractivity (Wildman–Crippen MR) is 109 cm³/mol. The Kier molecular flexibility index (Phi) is 11.2. The highest BCUT2D eigenvalue weighted by molar-refractivity contribution is 5.94. The number of carbonyl (C=O) groups is 4. The maximum Gasteiger partial charge on any atom is 0.325 e. The van der Waals surface area contributed by atoms with Gasteiger partial charge in [-0.05, 0) is 32.7 Å². The number of aliphatic hydroxyl groups excluding tert-OH is 1. The first-order valence-corrected chi connectivity index (χ1v) is 9.87. The van der Waals surface area contributed by atoms with Gasteiger partial charge < -0.3 is 42.6 Å². The number of nitrogens with zero attached hydrogens (tertiary/aromatic N) is 1. The van der Waals surface area contributed by atoms with Crippen molar-refractivity contribution in [1.29, 1.82) is 0 Å². The summed E-state index contributed by atoms with van der Waals surface area (Å²) in [4.78, 5) is 55.2. The van der Waals surface area contributed by atoms with Crippen LogP contribution in [0, 0.1) is 0 Å². The van der Waals surface area contributed by atoms with Gasteiger partial charge in [-0.2, -0.15) is 0 Å². The smallest absolute Gasteiger partial charge is 0.325 e. The van der Waals surface area contributed by atoms with E-state index >= 15 is 0 Å². The lowest BCUT2D eigenvalue weighted by molar-refractivity contribution is -0.141. The molecule has 1 aromatic rings. The van der Waals surface area contributed by atoms with Gasteiger partial charge in [0, 0.05) is 18.3 Å². The van der Waals surface area contributed by atoms with Crippen molar-refractivity contribution in [1.82, 2.24) is 25.9 Å². The molecule has 0 spiro atoms. The van der Waals surface area contributed by atoms with Crippen LogP contribution < -0.4 is 27.4 Å². The number of hydrogen-bond acceptors (Lipinski definition) is 8. The van der Waals surface area contributed by atoms with Gasteiger partial charge in [0.05, 0.1) is 12.9 Å². The Morgan fingerprint density at radius 1 is 1.10 bits per heavy atom. The summed E-state index contributed by atoms with van der Waals surface area (Å²) in [5.74, 6) is -3.32. The standard InChI is InChI=1S/C18H31N7O6/c1-10(18(30)31)23-17(29)14(6-11-7-21-9-22-11)25-16(28)13(4-2-3-5-19)24-15(27)12(20)8-26/h7,9-10,12-14,26H,2-6,8,19-20H2,1H3,(H,21,22)(H,23,29)(H,24,27)(H,25,28)(H,30,31). The maximum atomic E-state index is 12.9. The zero-order valence-corrected chi connectivity index (χ0v) is 17.3. The Labute approximate surface area is 179 Å². The lowest BCUT2D eigenvalue weighted by Gasteiger charge is -2.24. The number of nitrogens with one attached hydrogen (secondary N) is 4. The summed E-state index contributed by atoms with van der Waals surface area (Å²) in [6.45, 7) is 1.10. The van der Waals surface area contributed by atoms with Crippen molar-refractivity contribution in [3.63, 3.8) is 0 Å². The molecule has 1 rings (SSSR count). The quantitative estimate of drug-likeness (QED) is 0.137. The van der Waals surface area contributed by atoms with Gasteiger partial charge in [-0.25, -0.2) is 4.98 Å². The molecule has 13 heteroatoms. The number of carboxylic acid groups (broad SMARTS) is 1. The van der Waals surface area contributed by atoms with Gasteiger partial charge in [0.15, 0.2) is 0 Å². The molecule has 0 aromatic carbocycles. The molecule has 13 nitrogen and oxygen atoms in total. The minimum absolute atomic E-state index is 0.0174. The van der Waals surface area contributed by atoms with E-state index in [-0.39, 0.29) is 12.8 Å². The number of rotatable bonds is 14. The number of nitrogens with two attached hydrogens (primary N) is 2. The van der Waals surface area contributed by atoms with E-state index in [1.54, 1.807) is 0 Å². The van der Waals surface area contributed by atoms with Crippen LogP contribution in [-0.4, -0.2) is 81.2 Å². The molecule has 0 aliphatic rings. The van der Waals surface area contributed by atoms with Crippen LogP contribution in [0.4, 0.5) is 0 Å². The van der Waals surface area contributed by atoms with Crippen molar-refractivity contribution in [2.24, 2.45) is 11.5 Å². The van der Waals surface area contributed by atoms with Crippen LogP contribution in [0.2, 0.25) is 0 Å². The summed E-state index contributed by atoms with van der Waals surface area (Å²) < 4.78 is 0. The Morgan fingerprint density at radius 2 is 1.74 bits per heavy atom. The largest absolute Gasteiger partial charge is 0.480 e. The van der Waals surface area contributed by atoms with Gasteiger partial charge in [0.1, 0.15) is 24.2 Å². The number of aromatic amines is 1. The van der Waals surface area contributed by atoms with E-state index in [0.29, 0.717) is 25.1 Å². The number of aliphatic hydroxyl groups is 1. The molecule has 4 atom stereocenters. The van der Waals surface area contributed by atoms with Gasteiger partial charge in [-0.3, -0.25) is 19.2 Å². The average molecular weight is 441 g/mol. The molecule has 1 heterocycles. The van der Waals surface area contributed by atoms with Crippen molar-refractivity contribution in [3.05, 3.63) is 18.2 Å².